The summed E-state index contributed by atoms with van der Waals surface area (Å²) in [5, 5.41) is 8.79. The maximum Gasteiger partial charge on any atom is 0.203 e. The van der Waals surface area contributed by atoms with E-state index < -0.39 is 23.5 Å². The van der Waals surface area contributed by atoms with Crippen molar-refractivity contribution in [2.24, 2.45) is 0 Å². The first-order valence-electron chi connectivity index (χ1n) is 6.17. The molecule has 0 spiro atoms. The van der Waals surface area contributed by atoms with E-state index in [1.54, 1.807) is 18.2 Å². The second-order valence-corrected chi connectivity index (χ2v) is 4.39. The number of rotatable bonds is 4. The van der Waals surface area contributed by atoms with Crippen LogP contribution in [0.5, 0.6) is 5.75 Å². The molecule has 0 saturated heterocycles. The summed E-state index contributed by atoms with van der Waals surface area (Å²) in [4.78, 5) is 12.1. The smallest absolute Gasteiger partial charge is 0.203 e. The first kappa shape index (κ1) is 14.7. The summed E-state index contributed by atoms with van der Waals surface area (Å²) in [5.74, 6) is -2.21. The van der Waals surface area contributed by atoms with Gasteiger partial charge in [0.15, 0.2) is 17.7 Å². The lowest BCUT2D eigenvalue weighted by Crippen LogP contribution is -2.24. The van der Waals surface area contributed by atoms with Crippen LogP contribution in [-0.4, -0.2) is 11.9 Å². The molecule has 0 saturated carbocycles. The zero-order valence-electron chi connectivity index (χ0n) is 11.1. The van der Waals surface area contributed by atoms with Gasteiger partial charge in [-0.1, -0.05) is 6.07 Å². The SMILES string of the molecule is C[C@H](Oc1cccc(C#N)c1)C(=O)c1ccc(F)c(F)c1. The third-order valence-corrected chi connectivity index (χ3v) is 2.85. The Morgan fingerprint density at radius 3 is 2.62 bits per heavy atom. The molecule has 0 bridgehead atoms. The molecule has 0 unspecified atom stereocenters. The van der Waals surface area contributed by atoms with E-state index in [0.29, 0.717) is 11.3 Å². The number of carbonyl (C=O) groups is 1. The van der Waals surface area contributed by atoms with E-state index >= 15 is 0 Å². The molecule has 0 aliphatic carbocycles. The van der Waals surface area contributed by atoms with Crippen molar-refractivity contribution in [1.29, 1.82) is 5.26 Å². The average Bonchev–Trinajstić information content (AvgIpc) is 2.49. The van der Waals surface area contributed by atoms with Crippen molar-refractivity contribution in [1.82, 2.24) is 0 Å². The number of Topliss-reactive ketones (excluding diaryl/α,β-unsaturated/α-hetero) is 1. The van der Waals surface area contributed by atoms with Crippen LogP contribution in [0.2, 0.25) is 0 Å². The molecule has 21 heavy (non-hydrogen) atoms. The topological polar surface area (TPSA) is 50.1 Å². The summed E-state index contributed by atoms with van der Waals surface area (Å²) in [5.41, 5.74) is 0.429. The predicted octanol–water partition coefficient (Wildman–Crippen LogP) is 3.49. The van der Waals surface area contributed by atoms with Crippen molar-refractivity contribution in [3.05, 3.63) is 65.2 Å². The Labute approximate surface area is 120 Å². The fourth-order valence-corrected chi connectivity index (χ4v) is 1.78. The second-order valence-electron chi connectivity index (χ2n) is 4.39. The number of ether oxygens (including phenoxy) is 1. The third kappa shape index (κ3) is 3.42. The fourth-order valence-electron chi connectivity index (χ4n) is 1.78. The lowest BCUT2D eigenvalue weighted by molar-refractivity contribution is 0.0817. The molecule has 0 amide bonds. The van der Waals surface area contributed by atoms with Gasteiger partial charge in [0.2, 0.25) is 5.78 Å². The summed E-state index contributed by atoms with van der Waals surface area (Å²) in [7, 11) is 0. The van der Waals surface area contributed by atoms with E-state index in [1.165, 1.54) is 19.1 Å². The van der Waals surface area contributed by atoms with Crippen LogP contribution in [-0.2, 0) is 0 Å². The van der Waals surface area contributed by atoms with Crippen molar-refractivity contribution < 1.29 is 18.3 Å². The summed E-state index contributed by atoms with van der Waals surface area (Å²) < 4.78 is 31.4. The van der Waals surface area contributed by atoms with Gasteiger partial charge in [0.1, 0.15) is 5.75 Å². The van der Waals surface area contributed by atoms with Crippen molar-refractivity contribution in [3.63, 3.8) is 0 Å². The van der Waals surface area contributed by atoms with E-state index in [-0.39, 0.29) is 5.56 Å². The number of nitrogens with zero attached hydrogens (tertiary/aromatic N) is 1. The van der Waals surface area contributed by atoms with Crippen LogP contribution in [0.4, 0.5) is 8.78 Å². The van der Waals surface area contributed by atoms with Crippen molar-refractivity contribution in [3.8, 4) is 11.8 Å². The molecule has 5 heteroatoms. The maximum atomic E-state index is 13.1. The van der Waals surface area contributed by atoms with Crippen LogP contribution in [0.3, 0.4) is 0 Å². The normalized spacial score (nSPS) is 11.5. The minimum absolute atomic E-state index is 0.0258. The molecule has 106 valence electrons. The number of hydrogen-bond donors (Lipinski definition) is 0. The average molecular weight is 287 g/mol. The van der Waals surface area contributed by atoms with Crippen molar-refractivity contribution >= 4 is 5.78 Å². The quantitative estimate of drug-likeness (QED) is 0.809. The molecule has 1 atom stereocenters. The van der Waals surface area contributed by atoms with Gasteiger partial charge in [-0.3, -0.25) is 4.79 Å². The number of carbonyl (C=O) groups excluding carboxylic acids is 1. The summed E-state index contributed by atoms with van der Waals surface area (Å²) in [6, 6.07) is 11.2. The Balaban J connectivity index is 2.15. The molecular weight excluding hydrogens is 276 g/mol. The number of nitriles is 1. The van der Waals surface area contributed by atoms with Crippen LogP contribution >= 0.6 is 0 Å². The summed E-state index contributed by atoms with van der Waals surface area (Å²) >= 11 is 0. The van der Waals surface area contributed by atoms with Gasteiger partial charge in [-0.05, 0) is 43.3 Å². The Morgan fingerprint density at radius 1 is 1.19 bits per heavy atom. The zero-order valence-corrected chi connectivity index (χ0v) is 11.1. The monoisotopic (exact) mass is 287 g/mol. The van der Waals surface area contributed by atoms with Crippen molar-refractivity contribution in [2.75, 3.05) is 0 Å². The lowest BCUT2D eigenvalue weighted by atomic mass is 10.1. The molecule has 2 rings (SSSR count). The third-order valence-electron chi connectivity index (χ3n) is 2.85. The van der Waals surface area contributed by atoms with Crippen LogP contribution in [0.15, 0.2) is 42.5 Å². The predicted molar refractivity (Wildman–Crippen MR) is 71.9 cm³/mol. The molecule has 2 aromatic rings. The van der Waals surface area contributed by atoms with Crippen LogP contribution < -0.4 is 4.74 Å². The lowest BCUT2D eigenvalue weighted by Gasteiger charge is -2.14. The van der Waals surface area contributed by atoms with Crippen molar-refractivity contribution in [2.45, 2.75) is 13.0 Å². The zero-order chi connectivity index (χ0) is 15.4. The van der Waals surface area contributed by atoms with Gasteiger partial charge in [0.05, 0.1) is 11.6 Å². The summed E-state index contributed by atoms with van der Waals surface area (Å²) in [6.07, 6.45) is -0.885. The Bertz CT molecular complexity index is 722. The van der Waals surface area contributed by atoms with E-state index in [1.807, 2.05) is 6.07 Å². The van der Waals surface area contributed by atoms with Gasteiger partial charge in [-0.15, -0.1) is 0 Å². The summed E-state index contributed by atoms with van der Waals surface area (Å²) in [6.45, 7) is 1.50. The molecule has 0 aromatic heterocycles. The minimum Gasteiger partial charge on any atom is -0.483 e. The van der Waals surface area contributed by atoms with Gasteiger partial charge in [-0.25, -0.2) is 8.78 Å². The van der Waals surface area contributed by atoms with Gasteiger partial charge < -0.3 is 4.74 Å². The van der Waals surface area contributed by atoms with Gasteiger partial charge in [0.25, 0.3) is 0 Å². The highest BCUT2D eigenvalue weighted by molar-refractivity contribution is 5.99. The number of halogens is 2. The molecule has 0 N–H and O–H groups in total. The first-order valence-corrected chi connectivity index (χ1v) is 6.17. The Kier molecular flexibility index (Phi) is 4.29. The molecule has 0 radical (unpaired) electrons. The highest BCUT2D eigenvalue weighted by atomic mass is 19.2. The molecule has 0 aliphatic heterocycles. The Morgan fingerprint density at radius 2 is 1.95 bits per heavy atom. The highest BCUT2D eigenvalue weighted by Gasteiger charge is 2.18. The molecule has 3 nitrogen and oxygen atoms in total. The standard InChI is InChI=1S/C16H11F2NO2/c1-10(21-13-4-2-3-11(7-13)9-19)16(20)12-5-6-14(17)15(18)8-12/h2-8,10H,1H3/t10-/m0/s1. The van der Waals surface area contributed by atoms with E-state index in [0.717, 1.165) is 12.1 Å². The van der Waals surface area contributed by atoms with Crippen LogP contribution in [0, 0.1) is 23.0 Å². The van der Waals surface area contributed by atoms with Crippen LogP contribution in [0.25, 0.3) is 0 Å². The Hall–Kier alpha value is -2.74. The van der Waals surface area contributed by atoms with Crippen LogP contribution in [0.1, 0.15) is 22.8 Å². The van der Waals surface area contributed by atoms with E-state index in [2.05, 4.69) is 0 Å². The largest absolute Gasteiger partial charge is 0.483 e. The highest BCUT2D eigenvalue weighted by Crippen LogP contribution is 2.17. The first-order chi connectivity index (χ1) is 10.0. The molecule has 2 aromatic carbocycles. The minimum atomic E-state index is -1.08. The molecule has 0 fully saturated rings. The molecule has 0 heterocycles. The maximum absolute atomic E-state index is 13.1. The molecule has 0 aliphatic rings. The van der Waals surface area contributed by atoms with Gasteiger partial charge >= 0.3 is 0 Å². The van der Waals surface area contributed by atoms with Gasteiger partial charge in [-0.2, -0.15) is 5.26 Å². The number of benzene rings is 2. The van der Waals surface area contributed by atoms with E-state index in [9.17, 15) is 13.6 Å². The molecular formula is C16H11F2NO2. The second kappa shape index (κ2) is 6.14. The van der Waals surface area contributed by atoms with E-state index in [4.69, 9.17) is 10.00 Å². The number of hydrogen-bond acceptors (Lipinski definition) is 3. The fraction of sp³-hybridized carbons (Fsp3) is 0.125. The van der Waals surface area contributed by atoms with Gasteiger partial charge in [0, 0.05) is 5.56 Å². The number of ketones is 1.